The van der Waals surface area contributed by atoms with Crippen molar-refractivity contribution in [2.45, 2.75) is 6.92 Å². The molecule has 0 bridgehead atoms. The number of aryl methyl sites for hydroxylation is 1. The number of rotatable bonds is 3. The molecule has 0 aliphatic carbocycles. The number of nitrogens with zero attached hydrogens (tertiary/aromatic N) is 3. The Morgan fingerprint density at radius 2 is 2.28 bits per heavy atom. The van der Waals surface area contributed by atoms with E-state index >= 15 is 0 Å². The minimum Gasteiger partial charge on any atom is -0.288 e. The lowest BCUT2D eigenvalue weighted by Gasteiger charge is -1.98. The lowest BCUT2D eigenvalue weighted by atomic mass is 10.2. The maximum atomic E-state index is 12.9. The van der Waals surface area contributed by atoms with E-state index in [1.165, 1.54) is 18.3 Å². The van der Waals surface area contributed by atoms with Gasteiger partial charge in [-0.2, -0.15) is 5.10 Å². The van der Waals surface area contributed by atoms with Crippen molar-refractivity contribution < 1.29 is 4.39 Å². The normalized spacial score (nSPS) is 10.8. The molecule has 0 saturated carbocycles. The highest BCUT2D eigenvalue weighted by Crippen LogP contribution is 2.00. The number of aromatic amines is 1. The van der Waals surface area contributed by atoms with Gasteiger partial charge in [0.1, 0.15) is 11.5 Å². The van der Waals surface area contributed by atoms with Crippen molar-refractivity contribution >= 4 is 12.2 Å². The van der Waals surface area contributed by atoms with Gasteiger partial charge in [0.15, 0.2) is 0 Å². The largest absolute Gasteiger partial charge is 0.288 e. The van der Waals surface area contributed by atoms with Gasteiger partial charge < -0.3 is 0 Å². The lowest BCUT2D eigenvalue weighted by molar-refractivity contribution is 0.627. The maximum absolute atomic E-state index is 12.9. The topological polar surface area (TPSA) is 83.0 Å². The predicted molar refractivity (Wildman–Crippen MR) is 65.0 cm³/mol. The fraction of sp³-hybridized carbons (Fsp3) is 0.0909. The fourth-order valence-electron chi connectivity index (χ4n) is 1.20. The third-order valence-corrected chi connectivity index (χ3v) is 2.09. The molecule has 0 atom stereocenters. The summed E-state index contributed by atoms with van der Waals surface area (Å²) < 4.78 is 12.9. The molecule has 0 spiro atoms. The zero-order valence-electron chi connectivity index (χ0n) is 9.51. The average molecular weight is 247 g/mol. The molecule has 0 aliphatic rings. The first kappa shape index (κ1) is 11.9. The van der Waals surface area contributed by atoms with Crippen LogP contribution in [0.2, 0.25) is 0 Å². The molecule has 1 aromatic carbocycles. The van der Waals surface area contributed by atoms with E-state index in [1.54, 1.807) is 19.1 Å². The average Bonchev–Trinajstić information content (AvgIpc) is 2.34. The number of anilines is 1. The number of hydrazone groups is 1. The summed E-state index contributed by atoms with van der Waals surface area (Å²) in [5, 5.41) is 11.1. The first-order chi connectivity index (χ1) is 8.65. The van der Waals surface area contributed by atoms with Gasteiger partial charge in [-0.25, -0.2) is 9.82 Å². The Balaban J connectivity index is 2.07. The van der Waals surface area contributed by atoms with Gasteiger partial charge in [-0.1, -0.05) is 12.1 Å². The second-order valence-electron chi connectivity index (χ2n) is 3.51. The molecule has 1 aromatic heterocycles. The Hall–Kier alpha value is -2.57. The Labute approximate surface area is 102 Å². The summed E-state index contributed by atoms with van der Waals surface area (Å²) in [6, 6.07) is 5.94. The second-order valence-corrected chi connectivity index (χ2v) is 3.51. The lowest BCUT2D eigenvalue weighted by Crippen LogP contribution is -2.15. The third-order valence-electron chi connectivity index (χ3n) is 2.09. The summed E-state index contributed by atoms with van der Waals surface area (Å²) in [7, 11) is 0. The number of hydrogen-bond acceptors (Lipinski definition) is 5. The van der Waals surface area contributed by atoms with Crippen molar-refractivity contribution in [1.29, 1.82) is 0 Å². The van der Waals surface area contributed by atoms with Gasteiger partial charge in [0, 0.05) is 0 Å². The number of hydrogen-bond donors (Lipinski definition) is 2. The van der Waals surface area contributed by atoms with E-state index in [4.69, 9.17) is 0 Å². The van der Waals surface area contributed by atoms with Gasteiger partial charge in [-0.3, -0.25) is 9.78 Å². The Kier molecular flexibility index (Phi) is 3.42. The van der Waals surface area contributed by atoms with Gasteiger partial charge in [-0.15, -0.1) is 10.2 Å². The van der Waals surface area contributed by atoms with Crippen LogP contribution < -0.4 is 11.0 Å². The maximum Gasteiger partial charge on any atom is 0.274 e. The van der Waals surface area contributed by atoms with Crippen molar-refractivity contribution in [2.24, 2.45) is 5.10 Å². The fourth-order valence-corrected chi connectivity index (χ4v) is 1.20. The second kappa shape index (κ2) is 5.17. The van der Waals surface area contributed by atoms with E-state index in [9.17, 15) is 9.18 Å². The minimum absolute atomic E-state index is 0.123. The first-order valence-corrected chi connectivity index (χ1v) is 5.13. The zero-order valence-corrected chi connectivity index (χ0v) is 9.51. The van der Waals surface area contributed by atoms with Crippen molar-refractivity contribution in [3.05, 3.63) is 51.7 Å². The van der Waals surface area contributed by atoms with Gasteiger partial charge in [-0.05, 0) is 24.6 Å². The van der Waals surface area contributed by atoms with Crippen LogP contribution >= 0.6 is 0 Å². The number of aromatic nitrogens is 3. The smallest absolute Gasteiger partial charge is 0.274 e. The molecule has 1 heterocycles. The molecular weight excluding hydrogens is 237 g/mol. The quantitative estimate of drug-likeness (QED) is 0.627. The van der Waals surface area contributed by atoms with Crippen LogP contribution in [0.15, 0.2) is 34.2 Å². The van der Waals surface area contributed by atoms with Gasteiger partial charge in [0.05, 0.1) is 6.21 Å². The van der Waals surface area contributed by atoms with Crippen LogP contribution in [0, 0.1) is 12.7 Å². The zero-order chi connectivity index (χ0) is 13.0. The summed E-state index contributed by atoms with van der Waals surface area (Å²) in [4.78, 5) is 13.7. The summed E-state index contributed by atoms with van der Waals surface area (Å²) in [5.41, 5.74) is 3.02. The highest BCUT2D eigenvalue weighted by Gasteiger charge is 1.97. The van der Waals surface area contributed by atoms with Crippen LogP contribution in [0.25, 0.3) is 0 Å². The Morgan fingerprint density at radius 1 is 1.44 bits per heavy atom. The standard InChI is InChI=1S/C11H10FN5O/c1-7-10(18)14-11(17-15-7)16-13-6-8-3-2-4-9(12)5-8/h2-6H,1H3,(H2,14,16,17,18)/b13-6-. The van der Waals surface area contributed by atoms with Gasteiger partial charge in [0.25, 0.3) is 5.56 Å². The Morgan fingerprint density at radius 3 is 3.00 bits per heavy atom. The monoisotopic (exact) mass is 247 g/mol. The van der Waals surface area contributed by atoms with Crippen molar-refractivity contribution in [3.8, 4) is 0 Å². The molecule has 18 heavy (non-hydrogen) atoms. The van der Waals surface area contributed by atoms with E-state index in [1.807, 2.05) is 0 Å². The van der Waals surface area contributed by atoms with E-state index in [-0.39, 0.29) is 23.0 Å². The van der Waals surface area contributed by atoms with Gasteiger partial charge >= 0.3 is 0 Å². The molecule has 0 unspecified atom stereocenters. The van der Waals surface area contributed by atoms with Crippen molar-refractivity contribution in [1.82, 2.24) is 15.2 Å². The number of nitrogens with one attached hydrogen (secondary N) is 2. The van der Waals surface area contributed by atoms with Gasteiger partial charge in [0.2, 0.25) is 5.95 Å². The highest BCUT2D eigenvalue weighted by atomic mass is 19.1. The summed E-state index contributed by atoms with van der Waals surface area (Å²) in [5.74, 6) is -0.222. The molecule has 0 fully saturated rings. The molecule has 0 saturated heterocycles. The summed E-state index contributed by atoms with van der Waals surface area (Å²) >= 11 is 0. The van der Waals surface area contributed by atoms with E-state index < -0.39 is 0 Å². The number of H-pyrrole nitrogens is 1. The Bertz CT molecular complexity index is 637. The van der Waals surface area contributed by atoms with E-state index in [2.05, 4.69) is 25.7 Å². The summed E-state index contributed by atoms with van der Waals surface area (Å²) in [6.07, 6.45) is 1.41. The van der Waals surface area contributed by atoms with Crippen LogP contribution in [-0.2, 0) is 0 Å². The van der Waals surface area contributed by atoms with E-state index in [0.29, 0.717) is 5.56 Å². The van der Waals surface area contributed by atoms with Crippen LogP contribution in [-0.4, -0.2) is 21.4 Å². The molecule has 0 aliphatic heterocycles. The highest BCUT2D eigenvalue weighted by molar-refractivity contribution is 5.79. The molecule has 92 valence electrons. The van der Waals surface area contributed by atoms with Crippen LogP contribution in [0.3, 0.4) is 0 Å². The molecule has 2 aromatic rings. The molecule has 7 heteroatoms. The van der Waals surface area contributed by atoms with Crippen LogP contribution in [0.5, 0.6) is 0 Å². The minimum atomic E-state index is -0.345. The van der Waals surface area contributed by atoms with Crippen LogP contribution in [0.1, 0.15) is 11.3 Å². The predicted octanol–water partition coefficient (Wildman–Crippen LogP) is 1.06. The molecule has 2 rings (SSSR count). The third kappa shape index (κ3) is 2.97. The number of halogens is 1. The first-order valence-electron chi connectivity index (χ1n) is 5.13. The van der Waals surface area contributed by atoms with Crippen LogP contribution in [0.4, 0.5) is 10.3 Å². The molecule has 0 amide bonds. The number of benzene rings is 1. The SMILES string of the molecule is Cc1nnc(N/N=C\c2cccc(F)c2)[nH]c1=O. The summed E-state index contributed by atoms with van der Waals surface area (Å²) in [6.45, 7) is 1.55. The van der Waals surface area contributed by atoms with E-state index in [0.717, 1.165) is 0 Å². The molecule has 0 radical (unpaired) electrons. The van der Waals surface area contributed by atoms with Crippen molar-refractivity contribution in [2.75, 3.05) is 5.43 Å². The molecule has 6 nitrogen and oxygen atoms in total. The van der Waals surface area contributed by atoms with Crippen molar-refractivity contribution in [3.63, 3.8) is 0 Å². The molecular formula is C11H10FN5O. The molecule has 2 N–H and O–H groups in total.